The summed E-state index contributed by atoms with van der Waals surface area (Å²) in [5.74, 6) is 3.98. The molecule has 0 aliphatic rings. The number of benzene rings is 4. The minimum atomic E-state index is -4.22. The van der Waals surface area contributed by atoms with Crippen LogP contribution in [-0.2, 0) is 19.6 Å². The summed E-state index contributed by atoms with van der Waals surface area (Å²) in [6.07, 6.45) is -0.484. The molecule has 4 aromatic rings. The van der Waals surface area contributed by atoms with Crippen LogP contribution in [0.3, 0.4) is 0 Å². The predicted octanol–water partition coefficient (Wildman–Crippen LogP) is 6.79. The number of hydrogen-bond acceptors (Lipinski definition) is 6. The third-order valence-electron chi connectivity index (χ3n) is 6.63. The van der Waals surface area contributed by atoms with E-state index in [0.717, 1.165) is 12.6 Å². The van der Waals surface area contributed by atoms with Crippen LogP contribution in [0.5, 0.6) is 0 Å². The van der Waals surface area contributed by atoms with Crippen molar-refractivity contribution in [2.45, 2.75) is 24.3 Å². The van der Waals surface area contributed by atoms with Gasteiger partial charge in [0.25, 0.3) is 15.7 Å². The van der Waals surface area contributed by atoms with E-state index in [1.165, 1.54) is 41.3 Å². The Labute approximate surface area is 272 Å². The van der Waals surface area contributed by atoms with E-state index in [1.54, 1.807) is 54.6 Å². The molecular formula is C32H25Br2N3O6S. The lowest BCUT2D eigenvalue weighted by molar-refractivity contribution is -0.384. The number of halogens is 2. The van der Waals surface area contributed by atoms with Gasteiger partial charge in [-0.1, -0.05) is 85.8 Å². The molecule has 0 radical (unpaired) electrons. The lowest BCUT2D eigenvalue weighted by Gasteiger charge is -2.32. The first kappa shape index (κ1) is 32.6. The molecular weight excluding hydrogens is 714 g/mol. The first-order valence-corrected chi connectivity index (χ1v) is 16.1. The lowest BCUT2D eigenvalue weighted by atomic mass is 9.99. The summed E-state index contributed by atoms with van der Waals surface area (Å²) in [5.41, 5.74) is 1.95. The molecule has 0 fully saturated rings. The summed E-state index contributed by atoms with van der Waals surface area (Å²) in [6.45, 7) is 1.81. The van der Waals surface area contributed by atoms with Gasteiger partial charge in [0.1, 0.15) is 0 Å². The fourth-order valence-corrected chi connectivity index (χ4v) is 6.71. The molecule has 2 amide bonds. The van der Waals surface area contributed by atoms with Gasteiger partial charge in [0.05, 0.1) is 22.3 Å². The highest BCUT2D eigenvalue weighted by atomic mass is 79.9. The minimum absolute atomic E-state index is 0.0663. The molecule has 0 spiro atoms. The number of hydrogen-bond donors (Lipinski definition) is 0. The monoisotopic (exact) mass is 737 g/mol. The number of carbonyl (C=O) groups is 2. The van der Waals surface area contributed by atoms with Crippen LogP contribution in [0.25, 0.3) is 0 Å². The second-order valence-corrected chi connectivity index (χ2v) is 13.5. The number of aryl methyl sites for hydroxylation is 1. The van der Waals surface area contributed by atoms with E-state index < -0.39 is 39.2 Å². The van der Waals surface area contributed by atoms with E-state index in [1.807, 2.05) is 13.0 Å². The number of nitro benzene ring substituents is 1. The molecule has 0 aliphatic carbocycles. The van der Waals surface area contributed by atoms with Gasteiger partial charge < -0.3 is 0 Å². The Morgan fingerprint density at radius 1 is 0.909 bits per heavy atom. The molecule has 0 N–H and O–H groups in total. The van der Waals surface area contributed by atoms with Gasteiger partial charge >= 0.3 is 5.91 Å². The van der Waals surface area contributed by atoms with Crippen molar-refractivity contribution in [1.29, 1.82) is 0 Å². The summed E-state index contributed by atoms with van der Waals surface area (Å²) in [4.78, 5) is 39.6. The standard InChI is InChI=1S/C32H25Br2N3O6S/c1-22-8-15-29(16-9-22)44(42,43)35(2)32(39)21-30(24-11-13-27(14-12-24)37(40)41)36(28-19-25(33)18-26(34)20-28)31(38)17-10-23-6-4-3-5-7-23/h3-9,11-16,18-20,30H,21H2,1-2H3/t30-/m1/s1. The summed E-state index contributed by atoms with van der Waals surface area (Å²) in [7, 11) is -3.07. The molecule has 0 bridgehead atoms. The highest BCUT2D eigenvalue weighted by Crippen LogP contribution is 2.35. The smallest absolute Gasteiger partial charge is 0.293 e. The molecule has 44 heavy (non-hydrogen) atoms. The van der Waals surface area contributed by atoms with E-state index in [4.69, 9.17) is 0 Å². The van der Waals surface area contributed by atoms with Crippen LogP contribution >= 0.6 is 31.9 Å². The van der Waals surface area contributed by atoms with E-state index >= 15 is 0 Å². The Balaban J connectivity index is 1.83. The second-order valence-electron chi connectivity index (χ2n) is 9.67. The van der Waals surface area contributed by atoms with Gasteiger partial charge in [-0.05, 0) is 55.0 Å². The van der Waals surface area contributed by atoms with Crippen molar-refractivity contribution >= 4 is 65.1 Å². The molecule has 4 rings (SSSR count). The van der Waals surface area contributed by atoms with Gasteiger partial charge in [-0.25, -0.2) is 12.7 Å². The largest absolute Gasteiger partial charge is 0.303 e. The van der Waals surface area contributed by atoms with Gasteiger partial charge in [-0.15, -0.1) is 0 Å². The molecule has 0 heterocycles. The first-order chi connectivity index (χ1) is 20.9. The van der Waals surface area contributed by atoms with E-state index in [-0.39, 0.29) is 10.6 Å². The maximum absolute atomic E-state index is 13.9. The van der Waals surface area contributed by atoms with Gasteiger partial charge in [-0.2, -0.15) is 0 Å². The van der Waals surface area contributed by atoms with Crippen molar-refractivity contribution in [2.75, 3.05) is 11.9 Å². The third-order valence-corrected chi connectivity index (χ3v) is 9.34. The van der Waals surface area contributed by atoms with Gasteiger partial charge in [0.15, 0.2) is 0 Å². The van der Waals surface area contributed by atoms with Crippen molar-refractivity contribution < 1.29 is 22.9 Å². The van der Waals surface area contributed by atoms with E-state index in [0.29, 0.717) is 30.1 Å². The third kappa shape index (κ3) is 7.79. The Morgan fingerprint density at radius 3 is 2.07 bits per heavy atom. The Bertz CT molecular complexity index is 1850. The number of rotatable bonds is 8. The number of anilines is 1. The van der Waals surface area contributed by atoms with Crippen LogP contribution in [0.4, 0.5) is 11.4 Å². The molecule has 1 atom stereocenters. The first-order valence-electron chi connectivity index (χ1n) is 13.1. The van der Waals surface area contributed by atoms with Crippen molar-refractivity contribution in [1.82, 2.24) is 4.31 Å². The molecule has 224 valence electrons. The SMILES string of the molecule is Cc1ccc(S(=O)(=O)N(C)C(=O)C[C@H](c2ccc([N+](=O)[O-])cc2)N(C(=O)C#Cc2ccccc2)c2cc(Br)cc(Br)c2)cc1. The minimum Gasteiger partial charge on any atom is -0.293 e. The van der Waals surface area contributed by atoms with Crippen LogP contribution in [0, 0.1) is 28.9 Å². The molecule has 4 aromatic carbocycles. The maximum Gasteiger partial charge on any atom is 0.303 e. The van der Waals surface area contributed by atoms with Crippen molar-refractivity contribution in [3.8, 4) is 11.8 Å². The molecule has 0 unspecified atom stereocenters. The number of nitro groups is 1. The van der Waals surface area contributed by atoms with Crippen molar-refractivity contribution in [3.63, 3.8) is 0 Å². The lowest BCUT2D eigenvalue weighted by Crippen LogP contribution is -2.40. The van der Waals surface area contributed by atoms with Gasteiger partial charge in [-0.3, -0.25) is 24.6 Å². The summed E-state index contributed by atoms with van der Waals surface area (Å²) < 4.78 is 28.6. The zero-order valence-electron chi connectivity index (χ0n) is 23.5. The summed E-state index contributed by atoms with van der Waals surface area (Å²) in [6, 6.07) is 24.3. The van der Waals surface area contributed by atoms with E-state index in [2.05, 4.69) is 43.7 Å². The fourth-order valence-electron chi connectivity index (χ4n) is 4.30. The highest BCUT2D eigenvalue weighted by Gasteiger charge is 2.33. The molecule has 0 aliphatic heterocycles. The number of non-ortho nitro benzene ring substituents is 1. The quantitative estimate of drug-likeness (QED) is 0.112. The van der Waals surface area contributed by atoms with Crippen LogP contribution in [0.15, 0.2) is 111 Å². The molecule has 0 aromatic heterocycles. The number of nitrogens with zero attached hydrogens (tertiary/aromatic N) is 3. The highest BCUT2D eigenvalue weighted by molar-refractivity contribution is 9.11. The average Bonchev–Trinajstić information content (AvgIpc) is 2.99. The second kappa shape index (κ2) is 14.0. The number of carbonyl (C=O) groups excluding carboxylic acids is 2. The van der Waals surface area contributed by atoms with Crippen LogP contribution in [0.1, 0.15) is 29.2 Å². The normalized spacial score (nSPS) is 11.5. The summed E-state index contributed by atoms with van der Waals surface area (Å²) in [5, 5.41) is 11.4. The number of sulfonamides is 1. The Kier molecular flexibility index (Phi) is 10.4. The maximum atomic E-state index is 13.9. The topological polar surface area (TPSA) is 118 Å². The van der Waals surface area contributed by atoms with E-state index in [9.17, 15) is 28.1 Å². The number of amides is 2. The van der Waals surface area contributed by atoms with Crippen LogP contribution in [-0.4, -0.2) is 36.5 Å². The van der Waals surface area contributed by atoms with Crippen LogP contribution < -0.4 is 4.90 Å². The Morgan fingerprint density at radius 2 is 1.50 bits per heavy atom. The van der Waals surface area contributed by atoms with Crippen molar-refractivity contribution in [2.24, 2.45) is 0 Å². The zero-order valence-corrected chi connectivity index (χ0v) is 27.5. The molecule has 0 saturated heterocycles. The average molecular weight is 739 g/mol. The van der Waals surface area contributed by atoms with Gasteiger partial charge in [0.2, 0.25) is 5.91 Å². The van der Waals surface area contributed by atoms with Gasteiger partial charge in [0, 0.05) is 45.3 Å². The Hall–Kier alpha value is -4.31. The molecule has 12 heteroatoms. The summed E-state index contributed by atoms with van der Waals surface area (Å²) >= 11 is 6.87. The fraction of sp³-hybridized carbons (Fsp3) is 0.125. The molecule has 0 saturated carbocycles. The zero-order chi connectivity index (χ0) is 32.0. The van der Waals surface area contributed by atoms with Crippen LogP contribution in [0.2, 0.25) is 0 Å². The predicted molar refractivity (Wildman–Crippen MR) is 174 cm³/mol. The van der Waals surface area contributed by atoms with Crippen molar-refractivity contribution in [3.05, 3.63) is 133 Å². The molecule has 9 nitrogen and oxygen atoms in total.